The molecule has 1 aliphatic heterocycles. The number of hydrogen-bond acceptors (Lipinski definition) is 3. The van der Waals surface area contributed by atoms with Gasteiger partial charge in [-0.05, 0) is 42.2 Å². The number of aromatic nitrogens is 3. The Balaban J connectivity index is 1.33. The quantitative estimate of drug-likeness (QED) is 0.409. The van der Waals surface area contributed by atoms with Gasteiger partial charge in [0.05, 0.1) is 16.6 Å². The molecule has 0 atom stereocenters. The van der Waals surface area contributed by atoms with Gasteiger partial charge in [0.2, 0.25) is 5.91 Å². The summed E-state index contributed by atoms with van der Waals surface area (Å²) in [5.41, 5.74) is 5.13. The van der Waals surface area contributed by atoms with Gasteiger partial charge in [-0.3, -0.25) is 14.2 Å². The molecule has 3 heterocycles. The Morgan fingerprint density at radius 1 is 0.914 bits per heavy atom. The van der Waals surface area contributed by atoms with Crippen LogP contribution in [0.1, 0.15) is 17.5 Å². The molecule has 0 unspecified atom stereocenters. The van der Waals surface area contributed by atoms with Crippen LogP contribution in [0, 0.1) is 0 Å². The van der Waals surface area contributed by atoms with Gasteiger partial charge in [0.15, 0.2) is 5.82 Å². The van der Waals surface area contributed by atoms with Crippen molar-refractivity contribution in [3.63, 3.8) is 0 Å². The van der Waals surface area contributed by atoms with Crippen molar-refractivity contribution in [1.29, 1.82) is 0 Å². The Hall–Kier alpha value is -4.19. The predicted octanol–water partition coefficient (Wildman–Crippen LogP) is 4.32. The number of carbonyl (C=O) groups is 1. The molecule has 1 aliphatic rings. The Morgan fingerprint density at radius 2 is 1.66 bits per heavy atom. The van der Waals surface area contributed by atoms with Gasteiger partial charge >= 0.3 is 0 Å². The number of carbonyl (C=O) groups excluding carboxylic acids is 1. The first-order valence-corrected chi connectivity index (χ1v) is 12.1. The molecule has 0 bridgehead atoms. The molecular formula is C29H26N4O2. The number of rotatable bonds is 6. The van der Waals surface area contributed by atoms with Gasteiger partial charge in [-0.15, -0.1) is 0 Å². The lowest BCUT2D eigenvalue weighted by Gasteiger charge is -2.21. The molecule has 3 aromatic carbocycles. The molecular weight excluding hydrogens is 436 g/mol. The van der Waals surface area contributed by atoms with Gasteiger partial charge in [0.1, 0.15) is 0 Å². The third-order valence-corrected chi connectivity index (χ3v) is 6.88. The molecule has 35 heavy (non-hydrogen) atoms. The first kappa shape index (κ1) is 21.4. The van der Waals surface area contributed by atoms with E-state index in [1.165, 1.54) is 16.5 Å². The Kier molecular flexibility index (Phi) is 5.41. The van der Waals surface area contributed by atoms with Crippen molar-refractivity contribution in [2.24, 2.45) is 0 Å². The van der Waals surface area contributed by atoms with Crippen LogP contribution < -0.4 is 10.9 Å². The number of fused-ring (bicyclic) bond motifs is 6. The van der Waals surface area contributed by atoms with Crippen molar-refractivity contribution in [1.82, 2.24) is 19.4 Å². The molecule has 0 aliphatic carbocycles. The van der Waals surface area contributed by atoms with E-state index in [4.69, 9.17) is 4.98 Å². The number of aryl methyl sites for hydroxylation is 2. The minimum atomic E-state index is -0.00767. The number of para-hydroxylation sites is 2. The van der Waals surface area contributed by atoms with E-state index >= 15 is 0 Å². The smallest absolute Gasteiger partial charge is 0.261 e. The molecule has 6 nitrogen and oxygen atoms in total. The van der Waals surface area contributed by atoms with Crippen LogP contribution in [0.15, 0.2) is 83.7 Å². The summed E-state index contributed by atoms with van der Waals surface area (Å²) in [6, 6.07) is 25.9. The van der Waals surface area contributed by atoms with E-state index in [9.17, 15) is 9.59 Å². The van der Waals surface area contributed by atoms with E-state index in [1.807, 2.05) is 54.6 Å². The summed E-state index contributed by atoms with van der Waals surface area (Å²) in [6.07, 6.45) is 1.93. The average Bonchev–Trinajstić information content (AvgIpc) is 3.22. The maximum Gasteiger partial charge on any atom is 0.261 e. The second-order valence-electron chi connectivity index (χ2n) is 8.99. The Labute approximate surface area is 202 Å². The number of benzene rings is 3. The van der Waals surface area contributed by atoms with Crippen LogP contribution in [0.2, 0.25) is 0 Å². The minimum absolute atomic E-state index is 0.00767. The van der Waals surface area contributed by atoms with Gasteiger partial charge in [-0.25, -0.2) is 4.98 Å². The fourth-order valence-corrected chi connectivity index (χ4v) is 5.19. The summed E-state index contributed by atoms with van der Waals surface area (Å²) in [5.74, 6) is 0.711. The Bertz CT molecular complexity index is 1620. The van der Waals surface area contributed by atoms with Gasteiger partial charge in [0, 0.05) is 37.0 Å². The van der Waals surface area contributed by atoms with E-state index in [2.05, 4.69) is 34.1 Å². The second-order valence-corrected chi connectivity index (χ2v) is 8.99. The van der Waals surface area contributed by atoms with Crippen LogP contribution in [0.5, 0.6) is 0 Å². The van der Waals surface area contributed by atoms with Crippen LogP contribution in [0.4, 0.5) is 0 Å². The second kappa shape index (κ2) is 8.87. The molecule has 0 spiro atoms. The normalized spacial score (nSPS) is 12.5. The largest absolute Gasteiger partial charge is 0.356 e. The SMILES string of the molecule is O=C(CCn1c2c(c3ccccc31)CCn1c-2nc2ccccc2c1=O)NCCc1ccccc1. The fourth-order valence-electron chi connectivity index (χ4n) is 5.19. The first-order chi connectivity index (χ1) is 17.2. The third kappa shape index (κ3) is 3.81. The zero-order valence-electron chi connectivity index (χ0n) is 19.4. The lowest BCUT2D eigenvalue weighted by molar-refractivity contribution is -0.121. The molecule has 2 aromatic heterocycles. The Morgan fingerprint density at radius 3 is 2.51 bits per heavy atom. The molecule has 0 saturated heterocycles. The highest BCUT2D eigenvalue weighted by molar-refractivity contribution is 5.92. The highest BCUT2D eigenvalue weighted by atomic mass is 16.1. The summed E-state index contributed by atoms with van der Waals surface area (Å²) < 4.78 is 3.97. The topological polar surface area (TPSA) is 68.9 Å². The average molecular weight is 463 g/mol. The fraction of sp³-hybridized carbons (Fsp3) is 0.207. The molecule has 1 N–H and O–H groups in total. The highest BCUT2D eigenvalue weighted by Crippen LogP contribution is 2.36. The molecule has 0 saturated carbocycles. The molecule has 0 radical (unpaired) electrons. The van der Waals surface area contributed by atoms with E-state index in [1.54, 1.807) is 4.57 Å². The lowest BCUT2D eigenvalue weighted by atomic mass is 10.0. The monoisotopic (exact) mass is 462 g/mol. The predicted molar refractivity (Wildman–Crippen MR) is 138 cm³/mol. The van der Waals surface area contributed by atoms with Gasteiger partial charge in [0.25, 0.3) is 5.56 Å². The van der Waals surface area contributed by atoms with Crippen molar-refractivity contribution in [2.75, 3.05) is 6.54 Å². The highest BCUT2D eigenvalue weighted by Gasteiger charge is 2.27. The van der Waals surface area contributed by atoms with E-state index in [-0.39, 0.29) is 11.5 Å². The van der Waals surface area contributed by atoms with Gasteiger partial charge < -0.3 is 9.88 Å². The zero-order valence-corrected chi connectivity index (χ0v) is 19.4. The zero-order chi connectivity index (χ0) is 23.8. The van der Waals surface area contributed by atoms with Gasteiger partial charge in [-0.1, -0.05) is 60.7 Å². The van der Waals surface area contributed by atoms with Crippen LogP contribution in [0.25, 0.3) is 33.3 Å². The molecule has 1 amide bonds. The summed E-state index contributed by atoms with van der Waals surface area (Å²) in [7, 11) is 0. The van der Waals surface area contributed by atoms with Gasteiger partial charge in [-0.2, -0.15) is 0 Å². The first-order valence-electron chi connectivity index (χ1n) is 12.1. The molecule has 5 aromatic rings. The van der Waals surface area contributed by atoms with Crippen molar-refractivity contribution in [2.45, 2.75) is 32.4 Å². The summed E-state index contributed by atoms with van der Waals surface area (Å²) >= 11 is 0. The maximum absolute atomic E-state index is 13.3. The molecule has 174 valence electrons. The molecule has 0 fully saturated rings. The van der Waals surface area contributed by atoms with Crippen LogP contribution >= 0.6 is 0 Å². The van der Waals surface area contributed by atoms with Crippen LogP contribution in [-0.2, 0) is 30.7 Å². The maximum atomic E-state index is 13.3. The summed E-state index contributed by atoms with van der Waals surface area (Å²) in [4.78, 5) is 30.9. The number of amides is 1. The summed E-state index contributed by atoms with van der Waals surface area (Å²) in [6.45, 7) is 1.74. The number of nitrogens with zero attached hydrogens (tertiary/aromatic N) is 3. The van der Waals surface area contributed by atoms with Crippen molar-refractivity contribution >= 4 is 27.7 Å². The van der Waals surface area contributed by atoms with Crippen molar-refractivity contribution < 1.29 is 4.79 Å². The van der Waals surface area contributed by atoms with Crippen LogP contribution in [-0.4, -0.2) is 26.6 Å². The summed E-state index contributed by atoms with van der Waals surface area (Å²) in [5, 5.41) is 4.86. The number of hydrogen-bond donors (Lipinski definition) is 1. The van der Waals surface area contributed by atoms with E-state index in [0.717, 1.165) is 24.1 Å². The lowest BCUT2D eigenvalue weighted by Crippen LogP contribution is -2.29. The van der Waals surface area contributed by atoms with Crippen molar-refractivity contribution in [3.05, 3.63) is 100 Å². The van der Waals surface area contributed by atoms with Crippen molar-refractivity contribution in [3.8, 4) is 11.5 Å². The van der Waals surface area contributed by atoms with Crippen LogP contribution in [0.3, 0.4) is 0 Å². The standard InChI is InChI=1S/C29H26N4O2/c34-26(30-17-14-20-8-2-1-3-9-20)16-19-32-25-13-7-5-10-21(25)22-15-18-33-28(27(22)32)31-24-12-6-4-11-23(24)29(33)35/h1-13H,14-19H2,(H,30,34). The third-order valence-electron chi connectivity index (χ3n) is 6.88. The van der Waals surface area contributed by atoms with E-state index in [0.29, 0.717) is 42.8 Å². The number of nitrogens with one attached hydrogen (secondary N) is 1. The van der Waals surface area contributed by atoms with E-state index < -0.39 is 0 Å². The molecule has 6 heteroatoms. The molecule has 6 rings (SSSR count). The minimum Gasteiger partial charge on any atom is -0.356 e.